The van der Waals surface area contributed by atoms with Crippen LogP contribution >= 0.6 is 0 Å². The molecule has 0 aliphatic rings. The monoisotopic (exact) mass is 354 g/mol. The number of hydrogen-bond donors (Lipinski definition) is 3. The van der Waals surface area contributed by atoms with Crippen LogP contribution in [0, 0.1) is 11.3 Å². The van der Waals surface area contributed by atoms with Crippen molar-refractivity contribution in [1.29, 1.82) is 5.26 Å². The summed E-state index contributed by atoms with van der Waals surface area (Å²) in [6.07, 6.45) is 4.63. The summed E-state index contributed by atoms with van der Waals surface area (Å²) < 4.78 is 0. The fourth-order valence-electron chi connectivity index (χ4n) is 2.99. The van der Waals surface area contributed by atoms with Gasteiger partial charge in [0.25, 0.3) is 0 Å². The molecule has 0 aliphatic heterocycles. The van der Waals surface area contributed by atoms with Gasteiger partial charge in [0.05, 0.1) is 11.3 Å². The van der Waals surface area contributed by atoms with Crippen molar-refractivity contribution in [2.24, 2.45) is 0 Å². The van der Waals surface area contributed by atoms with Gasteiger partial charge >= 0.3 is 0 Å². The number of H-pyrrole nitrogens is 1. The first-order valence-corrected chi connectivity index (χ1v) is 8.71. The third kappa shape index (κ3) is 3.72. The Balaban J connectivity index is 1.41. The number of anilines is 3. The van der Waals surface area contributed by atoms with Gasteiger partial charge in [-0.3, -0.25) is 0 Å². The summed E-state index contributed by atoms with van der Waals surface area (Å²) in [5, 5.41) is 16.9. The first kappa shape index (κ1) is 16.6. The number of aromatic amines is 1. The molecule has 3 N–H and O–H groups in total. The van der Waals surface area contributed by atoms with Crippen LogP contribution in [0.2, 0.25) is 0 Å². The number of nitrogens with one attached hydrogen (secondary N) is 3. The van der Waals surface area contributed by atoms with Crippen LogP contribution in [0.3, 0.4) is 0 Å². The number of benzene rings is 2. The van der Waals surface area contributed by atoms with Crippen LogP contribution in [-0.4, -0.2) is 21.5 Å². The summed E-state index contributed by atoms with van der Waals surface area (Å²) in [7, 11) is 0. The SMILES string of the molecule is N#Cc1ccccc1Nc1nccc(NCCc2c[nH]c3ccccc23)n1. The number of hydrogen-bond acceptors (Lipinski definition) is 5. The van der Waals surface area contributed by atoms with E-state index in [2.05, 4.69) is 56.1 Å². The fraction of sp³-hybridized carbons (Fsp3) is 0.0952. The van der Waals surface area contributed by atoms with Crippen LogP contribution in [0.4, 0.5) is 17.5 Å². The van der Waals surface area contributed by atoms with Gasteiger partial charge in [0.15, 0.2) is 0 Å². The van der Waals surface area contributed by atoms with Crippen LogP contribution < -0.4 is 10.6 Å². The van der Waals surface area contributed by atoms with Crippen molar-refractivity contribution < 1.29 is 0 Å². The van der Waals surface area contributed by atoms with Crippen molar-refractivity contribution >= 4 is 28.4 Å². The number of nitriles is 1. The molecule has 0 radical (unpaired) electrons. The molecule has 2 aromatic heterocycles. The molecule has 132 valence electrons. The van der Waals surface area contributed by atoms with Crippen LogP contribution in [0.25, 0.3) is 10.9 Å². The molecule has 4 aromatic rings. The van der Waals surface area contributed by atoms with E-state index in [1.165, 1.54) is 10.9 Å². The van der Waals surface area contributed by atoms with E-state index in [1.807, 2.05) is 30.3 Å². The summed E-state index contributed by atoms with van der Waals surface area (Å²) in [5.74, 6) is 1.19. The maximum absolute atomic E-state index is 9.19. The van der Waals surface area contributed by atoms with Crippen LogP contribution in [0.5, 0.6) is 0 Å². The van der Waals surface area contributed by atoms with Crippen molar-refractivity contribution in [1.82, 2.24) is 15.0 Å². The lowest BCUT2D eigenvalue weighted by Gasteiger charge is -2.09. The first-order valence-electron chi connectivity index (χ1n) is 8.71. The van der Waals surface area contributed by atoms with Gasteiger partial charge in [-0.25, -0.2) is 4.98 Å². The van der Waals surface area contributed by atoms with E-state index in [0.717, 1.165) is 24.3 Å². The normalized spacial score (nSPS) is 10.5. The smallest absolute Gasteiger partial charge is 0.229 e. The van der Waals surface area contributed by atoms with Crippen molar-refractivity contribution in [3.05, 3.63) is 78.1 Å². The fourth-order valence-corrected chi connectivity index (χ4v) is 2.99. The molecular weight excluding hydrogens is 336 g/mol. The Bertz CT molecular complexity index is 1110. The molecular formula is C21H18N6. The zero-order valence-corrected chi connectivity index (χ0v) is 14.6. The summed E-state index contributed by atoms with van der Waals surface area (Å²) >= 11 is 0. The average molecular weight is 354 g/mol. The highest BCUT2D eigenvalue weighted by molar-refractivity contribution is 5.83. The molecule has 4 rings (SSSR count). The predicted octanol–water partition coefficient (Wildman–Crippen LogP) is 4.23. The third-order valence-corrected chi connectivity index (χ3v) is 4.32. The van der Waals surface area contributed by atoms with Crippen molar-refractivity contribution in [2.45, 2.75) is 6.42 Å². The minimum Gasteiger partial charge on any atom is -0.370 e. The summed E-state index contributed by atoms with van der Waals surface area (Å²) in [6.45, 7) is 0.757. The second kappa shape index (κ2) is 7.58. The zero-order valence-electron chi connectivity index (χ0n) is 14.6. The highest BCUT2D eigenvalue weighted by Gasteiger charge is 2.05. The van der Waals surface area contributed by atoms with Gasteiger partial charge in [0.2, 0.25) is 5.95 Å². The highest BCUT2D eigenvalue weighted by atomic mass is 15.1. The number of aromatic nitrogens is 3. The van der Waals surface area contributed by atoms with Gasteiger partial charge in [0, 0.05) is 29.8 Å². The van der Waals surface area contributed by atoms with E-state index in [-0.39, 0.29) is 0 Å². The largest absolute Gasteiger partial charge is 0.370 e. The van der Waals surface area contributed by atoms with E-state index in [9.17, 15) is 5.26 Å². The molecule has 2 aromatic carbocycles. The van der Waals surface area contributed by atoms with Gasteiger partial charge in [-0.2, -0.15) is 10.2 Å². The Kier molecular flexibility index (Phi) is 4.66. The second-order valence-corrected chi connectivity index (χ2v) is 6.08. The molecule has 0 amide bonds. The standard InChI is InChI=1S/C21H18N6/c22-13-15-5-1-3-7-18(15)26-21-24-12-10-20(27-21)23-11-9-16-14-25-19-8-4-2-6-17(16)19/h1-8,10,12,14,25H,9,11H2,(H2,23,24,26,27). The molecule has 0 saturated carbocycles. The molecule has 27 heavy (non-hydrogen) atoms. The minimum atomic E-state index is 0.454. The van der Waals surface area contributed by atoms with Gasteiger partial charge in [-0.15, -0.1) is 0 Å². The number of para-hydroxylation sites is 2. The quantitative estimate of drug-likeness (QED) is 0.482. The minimum absolute atomic E-state index is 0.454. The van der Waals surface area contributed by atoms with E-state index in [4.69, 9.17) is 0 Å². The predicted molar refractivity (Wildman–Crippen MR) is 107 cm³/mol. The van der Waals surface area contributed by atoms with Gasteiger partial charge in [-0.05, 0) is 36.2 Å². The van der Waals surface area contributed by atoms with Gasteiger partial charge in [-0.1, -0.05) is 30.3 Å². The lowest BCUT2D eigenvalue weighted by Crippen LogP contribution is -2.07. The third-order valence-electron chi connectivity index (χ3n) is 4.32. The van der Waals surface area contributed by atoms with E-state index < -0.39 is 0 Å². The lowest BCUT2D eigenvalue weighted by atomic mass is 10.1. The van der Waals surface area contributed by atoms with E-state index in [0.29, 0.717) is 17.2 Å². The number of fused-ring (bicyclic) bond motifs is 1. The molecule has 0 spiro atoms. The number of rotatable bonds is 6. The second-order valence-electron chi connectivity index (χ2n) is 6.08. The van der Waals surface area contributed by atoms with Crippen LogP contribution in [0.1, 0.15) is 11.1 Å². The van der Waals surface area contributed by atoms with E-state index in [1.54, 1.807) is 12.3 Å². The van der Waals surface area contributed by atoms with Crippen LogP contribution in [0.15, 0.2) is 67.0 Å². The van der Waals surface area contributed by atoms with E-state index >= 15 is 0 Å². The molecule has 0 atom stereocenters. The lowest BCUT2D eigenvalue weighted by molar-refractivity contribution is 1.01. The van der Waals surface area contributed by atoms with Crippen molar-refractivity contribution in [3.8, 4) is 6.07 Å². The van der Waals surface area contributed by atoms with Crippen LogP contribution in [-0.2, 0) is 6.42 Å². The Hall–Kier alpha value is -3.85. The molecule has 0 saturated heterocycles. The summed E-state index contributed by atoms with van der Waals surface area (Å²) in [5.41, 5.74) is 3.67. The molecule has 6 heteroatoms. The molecule has 2 heterocycles. The molecule has 0 bridgehead atoms. The summed E-state index contributed by atoms with van der Waals surface area (Å²) in [4.78, 5) is 12.0. The topological polar surface area (TPSA) is 89.4 Å². The number of nitrogens with zero attached hydrogens (tertiary/aromatic N) is 3. The van der Waals surface area contributed by atoms with Crippen molar-refractivity contribution in [2.75, 3.05) is 17.2 Å². The first-order chi connectivity index (χ1) is 13.3. The van der Waals surface area contributed by atoms with Gasteiger partial charge < -0.3 is 15.6 Å². The molecule has 0 aliphatic carbocycles. The highest BCUT2D eigenvalue weighted by Crippen LogP contribution is 2.19. The van der Waals surface area contributed by atoms with Gasteiger partial charge in [0.1, 0.15) is 11.9 Å². The van der Waals surface area contributed by atoms with Crippen molar-refractivity contribution in [3.63, 3.8) is 0 Å². The average Bonchev–Trinajstić information content (AvgIpc) is 3.12. The Morgan fingerprint density at radius 2 is 1.89 bits per heavy atom. The molecule has 0 unspecified atom stereocenters. The summed E-state index contributed by atoms with van der Waals surface area (Å²) in [6, 6.07) is 19.6. The Morgan fingerprint density at radius 1 is 1.04 bits per heavy atom. The molecule has 6 nitrogen and oxygen atoms in total. The molecule has 0 fully saturated rings. The Labute approximate surface area is 156 Å². The Morgan fingerprint density at radius 3 is 2.81 bits per heavy atom. The maximum atomic E-state index is 9.19. The zero-order chi connectivity index (χ0) is 18.5. The maximum Gasteiger partial charge on any atom is 0.229 e.